The van der Waals surface area contributed by atoms with Crippen molar-refractivity contribution in [3.63, 3.8) is 0 Å². The number of carboxylic acids is 1. The maximum absolute atomic E-state index is 10.6. The number of hydrogen-bond donors (Lipinski definition) is 1. The van der Waals surface area contributed by atoms with Gasteiger partial charge in [0.25, 0.3) is 0 Å². The van der Waals surface area contributed by atoms with Crippen molar-refractivity contribution in [1.82, 2.24) is 0 Å². The van der Waals surface area contributed by atoms with Crippen LogP contribution in [-0.2, 0) is 11.2 Å². The molecule has 1 rings (SSSR count). The molecule has 0 heterocycles. The van der Waals surface area contributed by atoms with Crippen molar-refractivity contribution >= 4 is 45.1 Å². The maximum Gasteiger partial charge on any atom is 0.317 e. The summed E-state index contributed by atoms with van der Waals surface area (Å²) in [6.07, 6.45) is 2.10. The fourth-order valence-corrected chi connectivity index (χ4v) is 2.15. The lowest BCUT2D eigenvalue weighted by Gasteiger charge is -2.06. The first-order valence-corrected chi connectivity index (χ1v) is 6.48. The molecule has 0 saturated carbocycles. The third-order valence-electron chi connectivity index (χ3n) is 2.19. The van der Waals surface area contributed by atoms with E-state index in [1.165, 1.54) is 0 Å². The average Bonchev–Trinajstić information content (AvgIpc) is 2.20. The number of rotatable bonds is 5. The summed E-state index contributed by atoms with van der Waals surface area (Å²) in [6.45, 7) is 0. The van der Waals surface area contributed by atoms with Gasteiger partial charge >= 0.3 is 5.97 Å². The van der Waals surface area contributed by atoms with Gasteiger partial charge in [-0.1, -0.05) is 45.2 Å². The van der Waals surface area contributed by atoms with Crippen molar-refractivity contribution < 1.29 is 9.90 Å². The van der Waals surface area contributed by atoms with Crippen molar-refractivity contribution in [1.29, 1.82) is 0 Å². The SMILES string of the molecule is O=C(O)C(Br)CCCc1ccc(Cl)cc1Cl. The number of alkyl halides is 1. The molecule has 88 valence electrons. The summed E-state index contributed by atoms with van der Waals surface area (Å²) in [5.74, 6) is -0.831. The Balaban J connectivity index is 2.46. The monoisotopic (exact) mass is 324 g/mol. The van der Waals surface area contributed by atoms with Gasteiger partial charge in [-0.2, -0.15) is 0 Å². The molecule has 0 bridgehead atoms. The van der Waals surface area contributed by atoms with Crippen LogP contribution in [0.1, 0.15) is 18.4 Å². The topological polar surface area (TPSA) is 37.3 Å². The minimum Gasteiger partial charge on any atom is -0.480 e. The number of carboxylic acid groups (broad SMARTS) is 1. The first-order valence-electron chi connectivity index (χ1n) is 4.81. The molecular weight excluding hydrogens is 315 g/mol. The number of carbonyl (C=O) groups is 1. The van der Waals surface area contributed by atoms with Gasteiger partial charge in [0.15, 0.2) is 0 Å². The van der Waals surface area contributed by atoms with Gasteiger partial charge in [0, 0.05) is 10.0 Å². The van der Waals surface area contributed by atoms with Gasteiger partial charge in [0.05, 0.1) is 0 Å². The van der Waals surface area contributed by atoms with E-state index in [9.17, 15) is 4.79 Å². The zero-order valence-corrected chi connectivity index (χ0v) is 11.5. The molecule has 0 saturated heterocycles. The van der Waals surface area contributed by atoms with Gasteiger partial charge < -0.3 is 5.11 Å². The standard InChI is InChI=1S/C11H11BrCl2O2/c12-9(11(15)16)3-1-2-7-4-5-8(13)6-10(7)14/h4-6,9H,1-3H2,(H,15,16). The average molecular weight is 326 g/mol. The highest BCUT2D eigenvalue weighted by Gasteiger charge is 2.12. The summed E-state index contributed by atoms with van der Waals surface area (Å²) in [6, 6.07) is 5.35. The molecule has 5 heteroatoms. The second-order valence-electron chi connectivity index (χ2n) is 3.43. The van der Waals surface area contributed by atoms with Crippen LogP contribution < -0.4 is 0 Å². The summed E-state index contributed by atoms with van der Waals surface area (Å²) >= 11 is 14.9. The Labute approximate surface area is 113 Å². The van der Waals surface area contributed by atoms with Crippen LogP contribution in [0.2, 0.25) is 10.0 Å². The molecule has 0 amide bonds. The molecule has 16 heavy (non-hydrogen) atoms. The van der Waals surface area contributed by atoms with Crippen molar-refractivity contribution in [2.45, 2.75) is 24.1 Å². The van der Waals surface area contributed by atoms with Crippen LogP contribution >= 0.6 is 39.1 Å². The zero-order chi connectivity index (χ0) is 12.1. The largest absolute Gasteiger partial charge is 0.480 e. The summed E-state index contributed by atoms with van der Waals surface area (Å²) < 4.78 is 0. The van der Waals surface area contributed by atoms with E-state index >= 15 is 0 Å². The summed E-state index contributed by atoms with van der Waals surface area (Å²) in [5, 5.41) is 9.92. The van der Waals surface area contributed by atoms with E-state index in [0.717, 1.165) is 18.4 Å². The van der Waals surface area contributed by atoms with Crippen LogP contribution in [0.4, 0.5) is 0 Å². The van der Waals surface area contributed by atoms with Crippen LogP contribution in [0.3, 0.4) is 0 Å². The molecule has 1 aromatic carbocycles. The normalized spacial score (nSPS) is 12.4. The van der Waals surface area contributed by atoms with E-state index in [-0.39, 0.29) is 0 Å². The smallest absolute Gasteiger partial charge is 0.317 e. The Hall–Kier alpha value is -0.250. The van der Waals surface area contributed by atoms with Crippen molar-refractivity contribution in [3.8, 4) is 0 Å². The lowest BCUT2D eigenvalue weighted by atomic mass is 10.1. The van der Waals surface area contributed by atoms with Gasteiger partial charge in [0.2, 0.25) is 0 Å². The summed E-state index contributed by atoms with van der Waals surface area (Å²) in [4.78, 5) is 10.1. The van der Waals surface area contributed by atoms with Crippen LogP contribution in [0.5, 0.6) is 0 Å². The molecule has 1 N–H and O–H groups in total. The highest BCUT2D eigenvalue weighted by atomic mass is 79.9. The predicted octanol–water partition coefficient (Wildman–Crippen LogP) is 4.16. The van der Waals surface area contributed by atoms with E-state index in [1.54, 1.807) is 12.1 Å². The quantitative estimate of drug-likeness (QED) is 0.825. The molecule has 0 aliphatic rings. The van der Waals surface area contributed by atoms with Gasteiger partial charge in [-0.25, -0.2) is 0 Å². The van der Waals surface area contributed by atoms with E-state index in [4.69, 9.17) is 28.3 Å². The maximum atomic E-state index is 10.6. The third kappa shape index (κ3) is 4.32. The van der Waals surface area contributed by atoms with Crippen LogP contribution in [-0.4, -0.2) is 15.9 Å². The number of benzene rings is 1. The molecule has 0 radical (unpaired) electrons. The first kappa shape index (κ1) is 13.8. The number of hydrogen-bond acceptors (Lipinski definition) is 1. The Morgan fingerprint density at radius 1 is 1.44 bits per heavy atom. The van der Waals surface area contributed by atoms with Crippen LogP contribution in [0, 0.1) is 0 Å². The molecule has 0 fully saturated rings. The Morgan fingerprint density at radius 3 is 2.69 bits per heavy atom. The fraction of sp³-hybridized carbons (Fsp3) is 0.364. The van der Waals surface area contributed by atoms with Crippen LogP contribution in [0.15, 0.2) is 18.2 Å². The minimum absolute atomic E-state index is 0.487. The molecule has 1 unspecified atom stereocenters. The highest BCUT2D eigenvalue weighted by Crippen LogP contribution is 2.23. The van der Waals surface area contributed by atoms with E-state index in [2.05, 4.69) is 15.9 Å². The van der Waals surface area contributed by atoms with E-state index in [0.29, 0.717) is 16.5 Å². The molecule has 0 spiro atoms. The predicted molar refractivity (Wildman–Crippen MR) is 69.8 cm³/mol. The van der Waals surface area contributed by atoms with E-state index in [1.807, 2.05) is 6.07 Å². The van der Waals surface area contributed by atoms with E-state index < -0.39 is 10.8 Å². The Kier molecular flexibility index (Phi) is 5.59. The minimum atomic E-state index is -0.831. The summed E-state index contributed by atoms with van der Waals surface area (Å²) in [5.41, 5.74) is 0.996. The molecule has 0 aliphatic heterocycles. The highest BCUT2D eigenvalue weighted by molar-refractivity contribution is 9.10. The summed E-state index contributed by atoms with van der Waals surface area (Å²) in [7, 11) is 0. The van der Waals surface area contributed by atoms with Crippen LogP contribution in [0.25, 0.3) is 0 Å². The second kappa shape index (κ2) is 6.48. The number of halogens is 3. The Bertz CT molecular complexity index is 382. The molecule has 1 atom stereocenters. The van der Waals surface area contributed by atoms with Gasteiger partial charge in [-0.05, 0) is 37.0 Å². The molecule has 2 nitrogen and oxygen atoms in total. The number of aryl methyl sites for hydroxylation is 1. The van der Waals surface area contributed by atoms with Crippen molar-refractivity contribution in [2.24, 2.45) is 0 Å². The number of aliphatic carboxylic acids is 1. The lowest BCUT2D eigenvalue weighted by Crippen LogP contribution is -2.12. The van der Waals surface area contributed by atoms with Crippen molar-refractivity contribution in [2.75, 3.05) is 0 Å². The lowest BCUT2D eigenvalue weighted by molar-refractivity contribution is -0.136. The van der Waals surface area contributed by atoms with Gasteiger partial charge in [-0.15, -0.1) is 0 Å². The Morgan fingerprint density at radius 2 is 2.12 bits per heavy atom. The molecule has 1 aromatic rings. The van der Waals surface area contributed by atoms with Crippen molar-refractivity contribution in [3.05, 3.63) is 33.8 Å². The van der Waals surface area contributed by atoms with Gasteiger partial charge in [-0.3, -0.25) is 4.79 Å². The fourth-order valence-electron chi connectivity index (χ4n) is 1.32. The first-order chi connectivity index (χ1) is 7.50. The molecular formula is C11H11BrCl2O2. The zero-order valence-electron chi connectivity index (χ0n) is 8.42. The molecule has 0 aliphatic carbocycles. The third-order valence-corrected chi connectivity index (χ3v) is 3.62. The molecule has 0 aromatic heterocycles. The van der Waals surface area contributed by atoms with Gasteiger partial charge in [0.1, 0.15) is 4.83 Å². The second-order valence-corrected chi connectivity index (χ2v) is 5.38.